The molecule has 50 heavy (non-hydrogen) atoms. The molecule has 0 aliphatic carbocycles. The van der Waals surface area contributed by atoms with Crippen LogP contribution >= 0.6 is 0 Å². The molecule has 6 aromatic carbocycles. The highest BCUT2D eigenvalue weighted by Crippen LogP contribution is 2.44. The van der Waals surface area contributed by atoms with Crippen LogP contribution in [0.3, 0.4) is 0 Å². The Bertz CT molecular complexity index is 2170. The first kappa shape index (κ1) is 32.5. The lowest BCUT2D eigenvalue weighted by Crippen LogP contribution is -2.16. The molecule has 0 fully saturated rings. The van der Waals surface area contributed by atoms with Crippen molar-refractivity contribution >= 4 is 34.3 Å². The largest absolute Gasteiger partial charge is 0.309 e. The number of rotatable bonds is 8. The van der Waals surface area contributed by atoms with Gasteiger partial charge in [0.15, 0.2) is 0 Å². The van der Waals surface area contributed by atoms with Gasteiger partial charge in [-0.15, -0.1) is 0 Å². The van der Waals surface area contributed by atoms with E-state index in [1.54, 1.807) is 12.5 Å². The summed E-state index contributed by atoms with van der Waals surface area (Å²) in [5.41, 5.74) is 17.8. The lowest BCUT2D eigenvalue weighted by atomic mass is 9.94. The van der Waals surface area contributed by atoms with Gasteiger partial charge < -0.3 is 4.90 Å². The predicted octanol–water partition coefficient (Wildman–Crippen LogP) is 12.6. The first-order chi connectivity index (χ1) is 24.3. The van der Waals surface area contributed by atoms with Crippen molar-refractivity contribution in [2.24, 2.45) is 0 Å². The molecule has 0 aliphatic heterocycles. The standard InChI is InChI=1S/C46H42N4/c1-31-25-33(3)45(34(4)26-31)50(46-35(5)27-32(2)28-36(46)6)40-21-19-39(20-22-40)49(44-23-24-47-30-48-44)41-16-12-15-38(29-41)43-18-11-10-17-42(43)37-13-8-7-9-14-37/h7-30H,1-6H3. The predicted molar refractivity (Wildman–Crippen MR) is 211 cm³/mol. The Balaban J connectivity index is 1.35. The number of anilines is 6. The summed E-state index contributed by atoms with van der Waals surface area (Å²) in [4.78, 5) is 13.6. The SMILES string of the molecule is Cc1cc(C)c(N(c2ccc(N(c3cccc(-c4ccccc4-c4ccccc4)c3)c3ccncn3)cc2)c2c(C)cc(C)cc2C)c(C)c1. The number of aryl methyl sites for hydroxylation is 6. The van der Waals surface area contributed by atoms with E-state index >= 15 is 0 Å². The van der Waals surface area contributed by atoms with Gasteiger partial charge in [-0.2, -0.15) is 0 Å². The third-order valence-electron chi connectivity index (χ3n) is 9.31. The monoisotopic (exact) mass is 650 g/mol. The topological polar surface area (TPSA) is 32.3 Å². The van der Waals surface area contributed by atoms with E-state index < -0.39 is 0 Å². The molecule has 0 atom stereocenters. The smallest absolute Gasteiger partial charge is 0.140 e. The summed E-state index contributed by atoms with van der Waals surface area (Å²) in [5.74, 6) is 0.800. The van der Waals surface area contributed by atoms with Crippen LogP contribution in [0.4, 0.5) is 34.3 Å². The first-order valence-electron chi connectivity index (χ1n) is 17.2. The van der Waals surface area contributed by atoms with E-state index in [2.05, 4.69) is 184 Å². The molecule has 1 aromatic heterocycles. The Labute approximate surface area is 296 Å². The molecule has 0 N–H and O–H groups in total. The first-order valence-corrected chi connectivity index (χ1v) is 17.2. The van der Waals surface area contributed by atoms with Crippen molar-refractivity contribution in [2.45, 2.75) is 41.5 Å². The minimum atomic E-state index is 0.800. The van der Waals surface area contributed by atoms with Crippen molar-refractivity contribution in [3.8, 4) is 22.3 Å². The highest BCUT2D eigenvalue weighted by Gasteiger charge is 2.22. The van der Waals surface area contributed by atoms with Gasteiger partial charge in [0, 0.05) is 23.3 Å². The average Bonchev–Trinajstić information content (AvgIpc) is 3.12. The van der Waals surface area contributed by atoms with E-state index in [1.807, 2.05) is 6.07 Å². The van der Waals surface area contributed by atoms with Crippen LogP contribution in [0.1, 0.15) is 33.4 Å². The maximum Gasteiger partial charge on any atom is 0.140 e. The molecular formula is C46H42N4. The average molecular weight is 651 g/mol. The van der Waals surface area contributed by atoms with E-state index in [0.29, 0.717) is 0 Å². The fraction of sp³-hybridized carbons (Fsp3) is 0.130. The van der Waals surface area contributed by atoms with Crippen LogP contribution in [0.5, 0.6) is 0 Å². The molecule has 0 spiro atoms. The number of hydrogen-bond donors (Lipinski definition) is 0. The molecular weight excluding hydrogens is 609 g/mol. The molecule has 4 heteroatoms. The zero-order valence-corrected chi connectivity index (χ0v) is 29.6. The number of nitrogens with zero attached hydrogens (tertiary/aromatic N) is 4. The van der Waals surface area contributed by atoms with E-state index in [4.69, 9.17) is 4.98 Å². The molecule has 0 saturated heterocycles. The second-order valence-corrected chi connectivity index (χ2v) is 13.2. The molecule has 0 unspecified atom stereocenters. The van der Waals surface area contributed by atoms with Gasteiger partial charge in [0.05, 0.1) is 11.4 Å². The van der Waals surface area contributed by atoms with Crippen LogP contribution in [0.15, 0.2) is 146 Å². The van der Waals surface area contributed by atoms with Gasteiger partial charge in [-0.1, -0.05) is 102 Å². The third kappa shape index (κ3) is 6.40. The third-order valence-corrected chi connectivity index (χ3v) is 9.31. The van der Waals surface area contributed by atoms with E-state index in [0.717, 1.165) is 28.4 Å². The Hall–Kier alpha value is -6.00. The molecule has 246 valence electrons. The van der Waals surface area contributed by atoms with E-state index in [1.165, 1.54) is 61.4 Å². The maximum absolute atomic E-state index is 4.72. The lowest BCUT2D eigenvalue weighted by Gasteiger charge is -2.32. The summed E-state index contributed by atoms with van der Waals surface area (Å²) < 4.78 is 0. The fourth-order valence-corrected chi connectivity index (χ4v) is 7.42. The Morgan fingerprint density at radius 2 is 0.920 bits per heavy atom. The van der Waals surface area contributed by atoms with Gasteiger partial charge >= 0.3 is 0 Å². The minimum absolute atomic E-state index is 0.800. The second-order valence-electron chi connectivity index (χ2n) is 13.2. The molecule has 7 aromatic rings. The lowest BCUT2D eigenvalue weighted by molar-refractivity contribution is 1.11. The maximum atomic E-state index is 4.72. The minimum Gasteiger partial charge on any atom is -0.309 e. The molecule has 0 radical (unpaired) electrons. The van der Waals surface area contributed by atoms with Gasteiger partial charge in [0.2, 0.25) is 0 Å². The summed E-state index contributed by atoms with van der Waals surface area (Å²) in [6.45, 7) is 13.2. The van der Waals surface area contributed by atoms with Crippen LogP contribution in [0.2, 0.25) is 0 Å². The Kier molecular flexibility index (Phi) is 9.02. The van der Waals surface area contributed by atoms with Crippen molar-refractivity contribution in [2.75, 3.05) is 9.80 Å². The van der Waals surface area contributed by atoms with Gasteiger partial charge in [-0.05, 0) is 129 Å². The van der Waals surface area contributed by atoms with Crippen LogP contribution in [-0.4, -0.2) is 9.97 Å². The van der Waals surface area contributed by atoms with Crippen LogP contribution in [0.25, 0.3) is 22.3 Å². The number of benzene rings is 6. The summed E-state index contributed by atoms with van der Waals surface area (Å²) in [5, 5.41) is 0. The zero-order valence-electron chi connectivity index (χ0n) is 29.6. The summed E-state index contributed by atoms with van der Waals surface area (Å²) >= 11 is 0. The van der Waals surface area contributed by atoms with Gasteiger partial charge in [-0.3, -0.25) is 4.90 Å². The number of aromatic nitrogens is 2. The Morgan fingerprint density at radius 3 is 1.46 bits per heavy atom. The van der Waals surface area contributed by atoms with Gasteiger partial charge in [-0.25, -0.2) is 9.97 Å². The van der Waals surface area contributed by atoms with Crippen molar-refractivity contribution < 1.29 is 0 Å². The highest BCUT2D eigenvalue weighted by molar-refractivity contribution is 5.88. The van der Waals surface area contributed by atoms with Crippen molar-refractivity contribution in [1.29, 1.82) is 0 Å². The van der Waals surface area contributed by atoms with Crippen LogP contribution in [0, 0.1) is 41.5 Å². The van der Waals surface area contributed by atoms with E-state index in [-0.39, 0.29) is 0 Å². The second kappa shape index (κ2) is 13.9. The molecule has 0 amide bonds. The molecule has 7 rings (SSSR count). The van der Waals surface area contributed by atoms with Crippen molar-refractivity contribution in [1.82, 2.24) is 9.97 Å². The van der Waals surface area contributed by atoms with Gasteiger partial charge in [0.1, 0.15) is 12.1 Å². The van der Waals surface area contributed by atoms with Crippen LogP contribution < -0.4 is 9.80 Å². The normalized spacial score (nSPS) is 11.0. The molecule has 0 saturated carbocycles. The van der Waals surface area contributed by atoms with E-state index in [9.17, 15) is 0 Å². The molecule has 0 aliphatic rings. The van der Waals surface area contributed by atoms with Gasteiger partial charge in [0.25, 0.3) is 0 Å². The van der Waals surface area contributed by atoms with Crippen LogP contribution in [-0.2, 0) is 0 Å². The quantitative estimate of drug-likeness (QED) is 0.164. The number of hydrogen-bond acceptors (Lipinski definition) is 4. The summed E-state index contributed by atoms with van der Waals surface area (Å²) in [6.07, 6.45) is 3.41. The highest BCUT2D eigenvalue weighted by atomic mass is 15.2. The zero-order chi connectivity index (χ0) is 34.8. The summed E-state index contributed by atoms with van der Waals surface area (Å²) in [6, 6.07) is 47.8. The van der Waals surface area contributed by atoms with Crippen molar-refractivity contribution in [3.63, 3.8) is 0 Å². The Morgan fingerprint density at radius 1 is 0.420 bits per heavy atom. The fourth-order valence-electron chi connectivity index (χ4n) is 7.42. The molecule has 0 bridgehead atoms. The summed E-state index contributed by atoms with van der Waals surface area (Å²) in [7, 11) is 0. The molecule has 1 heterocycles. The van der Waals surface area contributed by atoms with Crippen molar-refractivity contribution in [3.05, 3.63) is 179 Å². The molecule has 4 nitrogen and oxygen atoms in total.